The van der Waals surface area contributed by atoms with E-state index in [0.717, 1.165) is 40.0 Å². The normalized spacial score (nSPS) is 12.9. The maximum atomic E-state index is 10.5. The maximum absolute atomic E-state index is 10.5. The van der Waals surface area contributed by atoms with Crippen LogP contribution in [-0.2, 0) is 11.2 Å². The number of aromatic nitrogens is 3. The summed E-state index contributed by atoms with van der Waals surface area (Å²) in [6.07, 6.45) is 2.96. The molecule has 1 atom stereocenters. The molecular weight excluding hydrogens is 338 g/mol. The highest BCUT2D eigenvalue weighted by Gasteiger charge is 2.18. The van der Waals surface area contributed by atoms with Gasteiger partial charge in [0.1, 0.15) is 0 Å². The molecule has 0 aliphatic rings. The number of pyridine rings is 2. The summed E-state index contributed by atoms with van der Waals surface area (Å²) in [7, 11) is 1.72. The number of fused-ring (bicyclic) bond motifs is 1. The van der Waals surface area contributed by atoms with Crippen molar-refractivity contribution in [1.82, 2.24) is 14.5 Å². The minimum absolute atomic E-state index is 0.0487. The molecule has 0 bridgehead atoms. The van der Waals surface area contributed by atoms with E-state index in [0.29, 0.717) is 12.2 Å². The van der Waals surface area contributed by atoms with Gasteiger partial charge in [-0.1, -0.05) is 20.8 Å². The standard InChI is InChI=1S/C22H29N3O2/c1-7-16-10-19-20(14(4)11-25(19)15(5)12-27-6)24-21(16)17-8-9-18(13(2)3)23-22(17)26/h8-11,13,15H,7,12H2,1-6H3,(H,23,26)/t15-/m1/s1. The second kappa shape index (κ2) is 7.69. The van der Waals surface area contributed by atoms with Crippen LogP contribution in [0, 0.1) is 6.92 Å². The van der Waals surface area contributed by atoms with Gasteiger partial charge in [0.2, 0.25) is 5.88 Å². The zero-order chi connectivity index (χ0) is 19.7. The van der Waals surface area contributed by atoms with E-state index in [1.165, 1.54) is 0 Å². The Labute approximate surface area is 161 Å². The van der Waals surface area contributed by atoms with E-state index >= 15 is 0 Å². The molecule has 3 rings (SSSR count). The number of nitrogens with zero attached hydrogens (tertiary/aromatic N) is 3. The first-order chi connectivity index (χ1) is 12.9. The Balaban J connectivity index is 2.19. The Hall–Kier alpha value is -2.40. The van der Waals surface area contributed by atoms with Crippen LogP contribution >= 0.6 is 0 Å². The van der Waals surface area contributed by atoms with Crippen molar-refractivity contribution in [3.63, 3.8) is 0 Å². The molecule has 0 saturated carbocycles. The summed E-state index contributed by atoms with van der Waals surface area (Å²) in [5.41, 5.74) is 6.65. The molecule has 27 heavy (non-hydrogen) atoms. The van der Waals surface area contributed by atoms with E-state index in [9.17, 15) is 5.11 Å². The lowest BCUT2D eigenvalue weighted by atomic mass is 10.0. The number of rotatable bonds is 6. The average molecular weight is 367 g/mol. The fourth-order valence-electron chi connectivity index (χ4n) is 3.53. The van der Waals surface area contributed by atoms with Crippen molar-refractivity contribution < 1.29 is 9.84 Å². The Bertz CT molecular complexity index is 960. The van der Waals surface area contributed by atoms with E-state index in [1.54, 1.807) is 7.11 Å². The smallest absolute Gasteiger partial charge is 0.220 e. The lowest BCUT2D eigenvalue weighted by Crippen LogP contribution is -2.10. The molecule has 3 aromatic heterocycles. The van der Waals surface area contributed by atoms with Gasteiger partial charge >= 0.3 is 0 Å². The quantitative estimate of drug-likeness (QED) is 0.665. The number of hydrogen-bond acceptors (Lipinski definition) is 4. The van der Waals surface area contributed by atoms with Gasteiger partial charge in [-0.25, -0.2) is 9.97 Å². The van der Waals surface area contributed by atoms with Gasteiger partial charge in [-0.2, -0.15) is 0 Å². The molecule has 0 unspecified atom stereocenters. The van der Waals surface area contributed by atoms with Crippen molar-refractivity contribution in [3.05, 3.63) is 41.2 Å². The van der Waals surface area contributed by atoms with Crippen molar-refractivity contribution >= 4 is 11.0 Å². The first kappa shape index (κ1) is 19.4. The van der Waals surface area contributed by atoms with Crippen molar-refractivity contribution in [3.8, 4) is 17.1 Å². The summed E-state index contributed by atoms with van der Waals surface area (Å²) < 4.78 is 7.56. The van der Waals surface area contributed by atoms with Crippen LogP contribution in [0.1, 0.15) is 56.5 Å². The second-order valence-electron chi connectivity index (χ2n) is 7.50. The Morgan fingerprint density at radius 3 is 2.52 bits per heavy atom. The lowest BCUT2D eigenvalue weighted by molar-refractivity contribution is 0.164. The molecule has 5 nitrogen and oxygen atoms in total. The number of aryl methyl sites for hydroxylation is 2. The SMILES string of the molecule is CCc1cc2c(nc1-c1ccc(C(C)C)nc1O)c(C)cn2[C@H](C)COC. The molecule has 0 fully saturated rings. The summed E-state index contributed by atoms with van der Waals surface area (Å²) in [5.74, 6) is 0.317. The highest BCUT2D eigenvalue weighted by molar-refractivity contribution is 5.85. The van der Waals surface area contributed by atoms with E-state index in [2.05, 4.69) is 56.4 Å². The van der Waals surface area contributed by atoms with Crippen molar-refractivity contribution in [1.29, 1.82) is 0 Å². The summed E-state index contributed by atoms with van der Waals surface area (Å²) in [6.45, 7) is 11.1. The van der Waals surface area contributed by atoms with E-state index in [4.69, 9.17) is 9.72 Å². The van der Waals surface area contributed by atoms with Gasteiger partial charge in [-0.3, -0.25) is 0 Å². The lowest BCUT2D eigenvalue weighted by Gasteiger charge is -2.16. The van der Waals surface area contributed by atoms with Gasteiger partial charge in [0.05, 0.1) is 34.9 Å². The fraction of sp³-hybridized carbons (Fsp3) is 0.455. The van der Waals surface area contributed by atoms with Gasteiger partial charge in [-0.15, -0.1) is 0 Å². The van der Waals surface area contributed by atoms with Crippen molar-refractivity contribution in [2.45, 2.75) is 53.0 Å². The van der Waals surface area contributed by atoms with Crippen molar-refractivity contribution in [2.24, 2.45) is 0 Å². The first-order valence-corrected chi connectivity index (χ1v) is 9.57. The monoisotopic (exact) mass is 367 g/mol. The summed E-state index contributed by atoms with van der Waals surface area (Å²) in [5, 5.41) is 10.5. The first-order valence-electron chi connectivity index (χ1n) is 9.57. The average Bonchev–Trinajstić information content (AvgIpc) is 2.96. The number of ether oxygens (including phenoxy) is 1. The highest BCUT2D eigenvalue weighted by Crippen LogP contribution is 2.34. The predicted octanol–water partition coefficient (Wildman–Crippen LogP) is 5.01. The molecule has 0 aliphatic carbocycles. The topological polar surface area (TPSA) is 60.2 Å². The molecule has 3 heterocycles. The van der Waals surface area contributed by atoms with E-state index < -0.39 is 0 Å². The van der Waals surface area contributed by atoms with Gasteiger partial charge in [0.15, 0.2) is 0 Å². The second-order valence-corrected chi connectivity index (χ2v) is 7.50. The predicted molar refractivity (Wildman–Crippen MR) is 109 cm³/mol. The third-order valence-corrected chi connectivity index (χ3v) is 5.07. The van der Waals surface area contributed by atoms with Crippen LogP contribution < -0.4 is 0 Å². The molecule has 0 amide bonds. The molecule has 0 aliphatic heterocycles. The van der Waals surface area contributed by atoms with Crippen LogP contribution in [-0.4, -0.2) is 33.4 Å². The minimum atomic E-state index is 0.0487. The van der Waals surface area contributed by atoms with Gasteiger partial charge in [0, 0.05) is 19.0 Å². The molecule has 0 aromatic carbocycles. The molecule has 5 heteroatoms. The number of hydrogen-bond donors (Lipinski definition) is 1. The molecule has 1 N–H and O–H groups in total. The Kier molecular flexibility index (Phi) is 5.51. The van der Waals surface area contributed by atoms with Crippen LogP contribution in [0.5, 0.6) is 5.88 Å². The fourth-order valence-corrected chi connectivity index (χ4v) is 3.53. The van der Waals surface area contributed by atoms with Gasteiger partial charge in [0.25, 0.3) is 0 Å². The third-order valence-electron chi connectivity index (χ3n) is 5.07. The molecule has 3 aromatic rings. The number of methoxy groups -OCH3 is 1. The third kappa shape index (κ3) is 3.56. The van der Waals surface area contributed by atoms with Gasteiger partial charge < -0.3 is 14.4 Å². The summed E-state index contributed by atoms with van der Waals surface area (Å²) in [4.78, 5) is 9.33. The Morgan fingerprint density at radius 1 is 1.19 bits per heavy atom. The highest BCUT2D eigenvalue weighted by atomic mass is 16.5. The largest absolute Gasteiger partial charge is 0.493 e. The van der Waals surface area contributed by atoms with Crippen LogP contribution in [0.3, 0.4) is 0 Å². The summed E-state index contributed by atoms with van der Waals surface area (Å²) in [6, 6.07) is 6.32. The molecule has 0 radical (unpaired) electrons. The van der Waals surface area contributed by atoms with E-state index in [1.807, 2.05) is 12.1 Å². The molecule has 0 saturated heterocycles. The molecule has 144 valence electrons. The van der Waals surface area contributed by atoms with Crippen LogP contribution in [0.25, 0.3) is 22.3 Å². The van der Waals surface area contributed by atoms with Crippen LogP contribution in [0.15, 0.2) is 24.4 Å². The molecule has 0 spiro atoms. The van der Waals surface area contributed by atoms with E-state index in [-0.39, 0.29) is 17.8 Å². The maximum Gasteiger partial charge on any atom is 0.220 e. The summed E-state index contributed by atoms with van der Waals surface area (Å²) >= 11 is 0. The van der Waals surface area contributed by atoms with Gasteiger partial charge in [-0.05, 0) is 55.5 Å². The van der Waals surface area contributed by atoms with Crippen LogP contribution in [0.2, 0.25) is 0 Å². The van der Waals surface area contributed by atoms with Crippen molar-refractivity contribution in [2.75, 3.05) is 13.7 Å². The Morgan fingerprint density at radius 2 is 1.93 bits per heavy atom. The molecular formula is C22H29N3O2. The zero-order valence-corrected chi connectivity index (χ0v) is 17.1. The minimum Gasteiger partial charge on any atom is -0.493 e. The zero-order valence-electron chi connectivity index (χ0n) is 17.1. The number of aromatic hydroxyl groups is 1. The van der Waals surface area contributed by atoms with Crippen LogP contribution in [0.4, 0.5) is 0 Å².